The summed E-state index contributed by atoms with van der Waals surface area (Å²) < 4.78 is 38.4. The molecule has 1 fully saturated rings. The average molecular weight is 393 g/mol. The molecule has 0 atom stereocenters. The van der Waals surface area contributed by atoms with Gasteiger partial charge in [-0.2, -0.15) is 4.31 Å². The second kappa shape index (κ2) is 10.2. The Labute approximate surface area is 157 Å². The number of hydrogen-bond donors (Lipinski definition) is 1. The molecule has 0 amide bonds. The van der Waals surface area contributed by atoms with Crippen LogP contribution in [0.3, 0.4) is 0 Å². The van der Waals surface area contributed by atoms with E-state index in [0.717, 1.165) is 19.4 Å². The van der Waals surface area contributed by atoms with Gasteiger partial charge in [-0.15, -0.1) is 12.4 Å². The van der Waals surface area contributed by atoms with Gasteiger partial charge in [-0.05, 0) is 58.3 Å². The predicted molar refractivity (Wildman–Crippen MR) is 101 cm³/mol. The van der Waals surface area contributed by atoms with Crippen molar-refractivity contribution < 1.29 is 17.9 Å². The summed E-state index contributed by atoms with van der Waals surface area (Å²) in [5, 5.41) is 3.16. The van der Waals surface area contributed by atoms with Crippen LogP contribution in [0.4, 0.5) is 0 Å². The van der Waals surface area contributed by atoms with Gasteiger partial charge in [0.2, 0.25) is 10.0 Å². The van der Waals surface area contributed by atoms with Crippen molar-refractivity contribution in [3.63, 3.8) is 0 Å². The van der Waals surface area contributed by atoms with Gasteiger partial charge in [-0.3, -0.25) is 0 Å². The van der Waals surface area contributed by atoms with Crippen molar-refractivity contribution in [2.75, 3.05) is 39.9 Å². The first kappa shape index (κ1) is 22.0. The van der Waals surface area contributed by atoms with Crippen LogP contribution in [0.2, 0.25) is 0 Å². The van der Waals surface area contributed by atoms with E-state index in [1.165, 1.54) is 0 Å². The second-order valence-electron chi connectivity index (χ2n) is 5.88. The molecule has 2 rings (SSSR count). The molecule has 6 nitrogen and oxygen atoms in total. The highest BCUT2D eigenvalue weighted by Gasteiger charge is 2.29. The van der Waals surface area contributed by atoms with Gasteiger partial charge in [0.25, 0.3) is 0 Å². The van der Waals surface area contributed by atoms with Crippen LogP contribution in [0.15, 0.2) is 23.1 Å². The number of piperidine rings is 1. The smallest absolute Gasteiger partial charge is 0.243 e. The van der Waals surface area contributed by atoms with Gasteiger partial charge in [0.1, 0.15) is 0 Å². The Kier molecular flexibility index (Phi) is 8.99. The summed E-state index contributed by atoms with van der Waals surface area (Å²) in [6.07, 6.45) is 1.77. The molecule has 1 aromatic rings. The number of halogens is 1. The van der Waals surface area contributed by atoms with Gasteiger partial charge in [0, 0.05) is 19.2 Å². The highest BCUT2D eigenvalue weighted by atomic mass is 35.5. The molecule has 1 saturated heterocycles. The lowest BCUT2D eigenvalue weighted by atomic mass is 9.98. The van der Waals surface area contributed by atoms with Crippen molar-refractivity contribution in [1.29, 1.82) is 0 Å². The van der Waals surface area contributed by atoms with Crippen molar-refractivity contribution in [3.05, 3.63) is 18.2 Å². The average Bonchev–Trinajstić information content (AvgIpc) is 2.57. The fraction of sp³-hybridized carbons (Fsp3) is 0.647. The summed E-state index contributed by atoms with van der Waals surface area (Å²) in [4.78, 5) is 0.265. The molecule has 25 heavy (non-hydrogen) atoms. The molecule has 1 heterocycles. The molecule has 1 aliphatic rings. The zero-order valence-electron chi connectivity index (χ0n) is 15.2. The monoisotopic (exact) mass is 392 g/mol. The van der Waals surface area contributed by atoms with Crippen LogP contribution in [0, 0.1) is 5.92 Å². The van der Waals surface area contributed by atoms with E-state index in [-0.39, 0.29) is 17.3 Å². The Morgan fingerprint density at radius 3 is 2.28 bits per heavy atom. The van der Waals surface area contributed by atoms with Crippen molar-refractivity contribution >= 4 is 22.4 Å². The molecule has 0 aliphatic carbocycles. The molecule has 0 saturated carbocycles. The van der Waals surface area contributed by atoms with Crippen LogP contribution in [0.25, 0.3) is 0 Å². The SMILES string of the molecule is CCOc1ccc(S(=O)(=O)N2CCC(CNC)CC2)cc1OCC.Cl. The lowest BCUT2D eigenvalue weighted by molar-refractivity contribution is 0.270. The maximum atomic E-state index is 12.9. The van der Waals surface area contributed by atoms with E-state index in [2.05, 4.69) is 5.32 Å². The van der Waals surface area contributed by atoms with Crippen LogP contribution in [0.5, 0.6) is 11.5 Å². The van der Waals surface area contributed by atoms with Crippen molar-refractivity contribution in [2.45, 2.75) is 31.6 Å². The molecule has 8 heteroatoms. The van der Waals surface area contributed by atoms with Crippen LogP contribution >= 0.6 is 12.4 Å². The third kappa shape index (κ3) is 5.48. The number of sulfonamides is 1. The van der Waals surface area contributed by atoms with E-state index < -0.39 is 10.0 Å². The van der Waals surface area contributed by atoms with Gasteiger partial charge in [0.05, 0.1) is 18.1 Å². The van der Waals surface area contributed by atoms with E-state index in [9.17, 15) is 8.42 Å². The number of nitrogens with one attached hydrogen (secondary N) is 1. The molecule has 1 aliphatic heterocycles. The standard InChI is InChI=1S/C17H28N2O4S.ClH/c1-4-22-16-7-6-15(12-17(16)23-5-2)24(20,21)19-10-8-14(9-11-19)13-18-3;/h6-7,12,14,18H,4-5,8-11,13H2,1-3H3;1H. The molecular formula is C17H29ClN2O4S. The summed E-state index contributed by atoms with van der Waals surface area (Å²) in [6, 6.07) is 4.85. The number of nitrogens with zero attached hydrogens (tertiary/aromatic N) is 1. The Morgan fingerprint density at radius 2 is 1.72 bits per heavy atom. The number of hydrogen-bond acceptors (Lipinski definition) is 5. The summed E-state index contributed by atoms with van der Waals surface area (Å²) in [6.45, 7) is 6.77. The normalized spacial score (nSPS) is 16.3. The zero-order chi connectivity index (χ0) is 17.6. The highest BCUT2D eigenvalue weighted by molar-refractivity contribution is 7.89. The van der Waals surface area contributed by atoms with Crippen LogP contribution in [-0.4, -0.2) is 52.6 Å². The van der Waals surface area contributed by atoms with E-state index >= 15 is 0 Å². The Morgan fingerprint density at radius 1 is 1.12 bits per heavy atom. The molecule has 0 radical (unpaired) electrons. The summed E-state index contributed by atoms with van der Waals surface area (Å²) >= 11 is 0. The summed E-state index contributed by atoms with van der Waals surface area (Å²) in [5.74, 6) is 1.59. The topological polar surface area (TPSA) is 67.9 Å². The third-order valence-electron chi connectivity index (χ3n) is 4.22. The van der Waals surface area contributed by atoms with Gasteiger partial charge in [-0.25, -0.2) is 8.42 Å². The van der Waals surface area contributed by atoms with Gasteiger partial charge < -0.3 is 14.8 Å². The largest absolute Gasteiger partial charge is 0.490 e. The maximum Gasteiger partial charge on any atom is 0.243 e. The van der Waals surface area contributed by atoms with Gasteiger partial charge in [-0.1, -0.05) is 0 Å². The van der Waals surface area contributed by atoms with E-state index in [4.69, 9.17) is 9.47 Å². The van der Waals surface area contributed by atoms with Gasteiger partial charge >= 0.3 is 0 Å². The van der Waals surface area contributed by atoms with Crippen molar-refractivity contribution in [2.24, 2.45) is 5.92 Å². The number of rotatable bonds is 8. The van der Waals surface area contributed by atoms with E-state index in [1.807, 2.05) is 20.9 Å². The van der Waals surface area contributed by atoms with Crippen molar-refractivity contribution in [1.82, 2.24) is 9.62 Å². The first-order chi connectivity index (χ1) is 11.5. The van der Waals surface area contributed by atoms with Crippen LogP contribution in [-0.2, 0) is 10.0 Å². The highest BCUT2D eigenvalue weighted by Crippen LogP contribution is 2.32. The first-order valence-electron chi connectivity index (χ1n) is 8.57. The number of benzene rings is 1. The molecule has 1 N–H and O–H groups in total. The maximum absolute atomic E-state index is 12.9. The van der Waals surface area contributed by atoms with Gasteiger partial charge in [0.15, 0.2) is 11.5 Å². The fourth-order valence-electron chi connectivity index (χ4n) is 2.98. The minimum Gasteiger partial charge on any atom is -0.490 e. The zero-order valence-corrected chi connectivity index (χ0v) is 16.8. The third-order valence-corrected chi connectivity index (χ3v) is 6.11. The number of ether oxygens (including phenoxy) is 2. The molecular weight excluding hydrogens is 364 g/mol. The predicted octanol–water partition coefficient (Wildman–Crippen LogP) is 2.53. The Balaban J connectivity index is 0.00000312. The first-order valence-corrected chi connectivity index (χ1v) is 10.0. The molecule has 0 bridgehead atoms. The van der Waals surface area contributed by atoms with Crippen LogP contribution < -0.4 is 14.8 Å². The minimum absolute atomic E-state index is 0. The molecule has 144 valence electrons. The van der Waals surface area contributed by atoms with Crippen molar-refractivity contribution in [3.8, 4) is 11.5 Å². The second-order valence-corrected chi connectivity index (χ2v) is 7.82. The Hall–Kier alpha value is -1.02. The van der Waals surface area contributed by atoms with Crippen LogP contribution in [0.1, 0.15) is 26.7 Å². The molecule has 0 aromatic heterocycles. The van der Waals surface area contributed by atoms with E-state index in [1.54, 1.807) is 22.5 Å². The van der Waals surface area contributed by atoms with E-state index in [0.29, 0.717) is 43.7 Å². The fourth-order valence-corrected chi connectivity index (χ4v) is 4.47. The molecule has 0 unspecified atom stereocenters. The minimum atomic E-state index is -3.50. The molecule has 0 spiro atoms. The summed E-state index contributed by atoms with van der Waals surface area (Å²) in [7, 11) is -1.57. The quantitative estimate of drug-likeness (QED) is 0.736. The lowest BCUT2D eigenvalue weighted by Gasteiger charge is -2.31. The molecule has 1 aromatic carbocycles. The Bertz CT molecular complexity index is 632. The lowest BCUT2D eigenvalue weighted by Crippen LogP contribution is -2.40. The summed E-state index contributed by atoms with van der Waals surface area (Å²) in [5.41, 5.74) is 0.